The van der Waals surface area contributed by atoms with E-state index < -0.39 is 6.09 Å². The van der Waals surface area contributed by atoms with E-state index in [4.69, 9.17) is 0 Å². The minimum Gasteiger partial charge on any atom is -0.465 e. The highest BCUT2D eigenvalue weighted by molar-refractivity contribution is 5.75. The van der Waals surface area contributed by atoms with Crippen molar-refractivity contribution in [1.29, 1.82) is 0 Å². The maximum absolute atomic E-state index is 12.0. The van der Waals surface area contributed by atoms with Crippen LogP contribution in [0.15, 0.2) is 91.3 Å². The molecule has 5 rings (SSSR count). The van der Waals surface area contributed by atoms with Crippen molar-refractivity contribution in [2.24, 2.45) is 0 Å². The smallest absolute Gasteiger partial charge is 0.407 e. The molecule has 1 unspecified atom stereocenters. The molecule has 1 aromatic heterocycles. The molecule has 1 aliphatic heterocycles. The van der Waals surface area contributed by atoms with Crippen LogP contribution in [-0.2, 0) is 13.1 Å². The molecule has 1 saturated heterocycles. The van der Waals surface area contributed by atoms with E-state index in [2.05, 4.69) is 81.2 Å². The summed E-state index contributed by atoms with van der Waals surface area (Å²) in [6.45, 7) is 3.25. The number of para-hydroxylation sites is 2. The zero-order valence-electron chi connectivity index (χ0n) is 20.6. The average molecular weight is 483 g/mol. The van der Waals surface area contributed by atoms with E-state index >= 15 is 0 Å². The zero-order chi connectivity index (χ0) is 24.7. The van der Waals surface area contributed by atoms with Crippen LogP contribution in [0.1, 0.15) is 42.9 Å². The molecule has 1 fully saturated rings. The summed E-state index contributed by atoms with van der Waals surface area (Å²) in [6, 6.07) is 29.6. The number of nitrogens with zero attached hydrogens (tertiary/aromatic N) is 4. The number of rotatable bonds is 9. The Morgan fingerprint density at radius 2 is 1.56 bits per heavy atom. The van der Waals surface area contributed by atoms with Gasteiger partial charge in [-0.15, -0.1) is 0 Å². The van der Waals surface area contributed by atoms with Gasteiger partial charge in [-0.25, -0.2) is 9.78 Å². The lowest BCUT2D eigenvalue weighted by Crippen LogP contribution is -2.46. The third-order valence-electron chi connectivity index (χ3n) is 7.32. The van der Waals surface area contributed by atoms with Crippen molar-refractivity contribution in [2.75, 3.05) is 13.1 Å². The van der Waals surface area contributed by atoms with Gasteiger partial charge in [0, 0.05) is 31.7 Å². The Hall–Kier alpha value is -3.64. The molecule has 4 aromatic rings. The molecule has 6 heteroatoms. The van der Waals surface area contributed by atoms with Gasteiger partial charge in [0.15, 0.2) is 0 Å². The molecule has 1 aliphatic rings. The van der Waals surface area contributed by atoms with Crippen LogP contribution in [0.3, 0.4) is 0 Å². The number of piperidine rings is 1. The number of fused-ring (bicyclic) bond motifs is 1. The van der Waals surface area contributed by atoms with Gasteiger partial charge >= 0.3 is 6.09 Å². The van der Waals surface area contributed by atoms with Crippen LogP contribution in [0.25, 0.3) is 11.0 Å². The molecule has 6 nitrogen and oxygen atoms in total. The average Bonchev–Trinajstić information content (AvgIpc) is 3.34. The van der Waals surface area contributed by atoms with Crippen LogP contribution in [0.5, 0.6) is 0 Å². The number of hydrogen-bond acceptors (Lipinski definition) is 3. The highest BCUT2D eigenvalue weighted by atomic mass is 16.4. The van der Waals surface area contributed by atoms with Crippen LogP contribution < -0.4 is 0 Å². The number of imidazole rings is 1. The van der Waals surface area contributed by atoms with Crippen LogP contribution >= 0.6 is 0 Å². The number of aromatic nitrogens is 2. The first kappa shape index (κ1) is 24.1. The summed E-state index contributed by atoms with van der Waals surface area (Å²) in [5, 5.41) is 9.89. The fraction of sp³-hybridized carbons (Fsp3) is 0.333. The van der Waals surface area contributed by atoms with Gasteiger partial charge in [0.05, 0.1) is 17.4 Å². The van der Waals surface area contributed by atoms with E-state index in [0.717, 1.165) is 56.4 Å². The normalized spacial score (nSPS) is 18.1. The molecule has 0 aliphatic carbocycles. The third-order valence-corrected chi connectivity index (χ3v) is 7.32. The Morgan fingerprint density at radius 1 is 0.917 bits per heavy atom. The second-order valence-corrected chi connectivity index (χ2v) is 9.77. The van der Waals surface area contributed by atoms with Crippen molar-refractivity contribution < 1.29 is 9.90 Å². The minimum absolute atomic E-state index is 0.0118. The van der Waals surface area contributed by atoms with Crippen molar-refractivity contribution in [3.05, 3.63) is 102 Å². The summed E-state index contributed by atoms with van der Waals surface area (Å²) >= 11 is 0. The SMILES string of the molecule is O=C(O)N1CCC(n2cnc3ccccc32)C[C@@H]1CCCN(Cc1ccccc1)Cc1ccccc1. The second kappa shape index (κ2) is 11.4. The number of amides is 1. The van der Waals surface area contributed by atoms with E-state index in [0.29, 0.717) is 6.54 Å². The molecule has 0 saturated carbocycles. The Morgan fingerprint density at radius 3 is 2.22 bits per heavy atom. The summed E-state index contributed by atoms with van der Waals surface area (Å²) in [6.07, 6.45) is 4.56. The highest BCUT2D eigenvalue weighted by Crippen LogP contribution is 2.32. The van der Waals surface area contributed by atoms with Crippen LogP contribution in [0, 0.1) is 0 Å². The van der Waals surface area contributed by atoms with Gasteiger partial charge in [0.1, 0.15) is 0 Å². The first-order valence-electron chi connectivity index (χ1n) is 12.9. The number of hydrogen-bond donors (Lipinski definition) is 1. The molecule has 3 aromatic carbocycles. The number of carboxylic acid groups (broad SMARTS) is 1. The molecule has 2 heterocycles. The molecule has 0 bridgehead atoms. The molecule has 1 amide bonds. The van der Waals surface area contributed by atoms with Gasteiger partial charge in [-0.1, -0.05) is 72.8 Å². The van der Waals surface area contributed by atoms with Gasteiger partial charge in [0.2, 0.25) is 0 Å². The Balaban J connectivity index is 1.26. The van der Waals surface area contributed by atoms with Gasteiger partial charge in [-0.2, -0.15) is 0 Å². The molecule has 1 N–H and O–H groups in total. The number of likely N-dealkylation sites (tertiary alicyclic amines) is 1. The fourth-order valence-electron chi connectivity index (χ4n) is 5.53. The molecule has 186 valence electrons. The Bertz CT molecular complexity index is 1220. The van der Waals surface area contributed by atoms with Crippen molar-refractivity contribution in [2.45, 2.75) is 50.9 Å². The summed E-state index contributed by atoms with van der Waals surface area (Å²) < 4.78 is 2.25. The Kier molecular flexibility index (Phi) is 7.62. The lowest BCUT2D eigenvalue weighted by Gasteiger charge is -2.39. The first-order valence-corrected chi connectivity index (χ1v) is 12.9. The van der Waals surface area contributed by atoms with E-state index in [9.17, 15) is 9.90 Å². The lowest BCUT2D eigenvalue weighted by molar-refractivity contribution is 0.0858. The second-order valence-electron chi connectivity index (χ2n) is 9.77. The summed E-state index contributed by atoms with van der Waals surface area (Å²) in [5.74, 6) is 0. The van der Waals surface area contributed by atoms with Crippen molar-refractivity contribution in [1.82, 2.24) is 19.4 Å². The fourth-order valence-corrected chi connectivity index (χ4v) is 5.53. The molecule has 2 atom stereocenters. The summed E-state index contributed by atoms with van der Waals surface area (Å²) in [7, 11) is 0. The first-order chi connectivity index (χ1) is 17.7. The van der Waals surface area contributed by atoms with Crippen molar-refractivity contribution in [3.8, 4) is 0 Å². The summed E-state index contributed by atoms with van der Waals surface area (Å²) in [5.41, 5.74) is 4.71. The standard InChI is InChI=1S/C30H34N4O2/c35-30(36)33-19-17-27(34-23-31-28-15-7-8-16-29(28)34)20-26(33)14-9-18-32(21-24-10-3-1-4-11-24)22-25-12-5-2-6-13-25/h1-8,10-13,15-16,23,26-27H,9,14,17-22H2,(H,35,36)/t26-,27?/m0/s1. The minimum atomic E-state index is -0.806. The van der Waals surface area contributed by atoms with Gasteiger partial charge in [-0.3, -0.25) is 4.90 Å². The largest absolute Gasteiger partial charge is 0.465 e. The maximum atomic E-state index is 12.0. The topological polar surface area (TPSA) is 61.6 Å². The van der Waals surface area contributed by atoms with Gasteiger partial charge in [-0.05, 0) is 55.5 Å². The number of carbonyl (C=O) groups is 1. The van der Waals surface area contributed by atoms with Crippen molar-refractivity contribution in [3.63, 3.8) is 0 Å². The Labute approximate surface area is 212 Å². The van der Waals surface area contributed by atoms with Crippen LogP contribution in [0.4, 0.5) is 4.79 Å². The molecular weight excluding hydrogens is 448 g/mol. The van der Waals surface area contributed by atoms with E-state index in [-0.39, 0.29) is 12.1 Å². The predicted octanol–water partition coefficient (Wildman–Crippen LogP) is 6.20. The van der Waals surface area contributed by atoms with Gasteiger partial charge < -0.3 is 14.6 Å². The molecule has 0 radical (unpaired) electrons. The quantitative estimate of drug-likeness (QED) is 0.308. The summed E-state index contributed by atoms with van der Waals surface area (Å²) in [4.78, 5) is 20.7. The van der Waals surface area contributed by atoms with Crippen molar-refractivity contribution >= 4 is 17.1 Å². The maximum Gasteiger partial charge on any atom is 0.407 e. The van der Waals surface area contributed by atoms with E-state index in [1.54, 1.807) is 4.90 Å². The van der Waals surface area contributed by atoms with E-state index in [1.165, 1.54) is 11.1 Å². The monoisotopic (exact) mass is 482 g/mol. The lowest BCUT2D eigenvalue weighted by atomic mass is 9.93. The van der Waals surface area contributed by atoms with Gasteiger partial charge in [0.25, 0.3) is 0 Å². The molecule has 0 spiro atoms. The molecular formula is C30H34N4O2. The molecule has 36 heavy (non-hydrogen) atoms. The predicted molar refractivity (Wildman–Crippen MR) is 143 cm³/mol. The number of benzene rings is 3. The van der Waals surface area contributed by atoms with Crippen LogP contribution in [0.2, 0.25) is 0 Å². The van der Waals surface area contributed by atoms with E-state index in [1.807, 2.05) is 24.5 Å². The third kappa shape index (κ3) is 5.77. The zero-order valence-corrected chi connectivity index (χ0v) is 20.6. The highest BCUT2D eigenvalue weighted by Gasteiger charge is 2.32. The van der Waals surface area contributed by atoms with Crippen LogP contribution in [-0.4, -0.2) is 49.7 Å².